The SMILES string of the molecule is COc1ccc([C@H]2SCC(=O)N2c2ccc(OC)cc2)cc1. The fourth-order valence-electron chi connectivity index (χ4n) is 2.46. The lowest BCUT2D eigenvalue weighted by atomic mass is 10.1. The van der Waals surface area contributed by atoms with Crippen molar-refractivity contribution in [2.75, 3.05) is 24.9 Å². The maximum absolute atomic E-state index is 12.3. The fourth-order valence-corrected chi connectivity index (χ4v) is 3.64. The van der Waals surface area contributed by atoms with Crippen LogP contribution in [0.25, 0.3) is 0 Å². The molecule has 1 amide bonds. The molecule has 0 unspecified atom stereocenters. The lowest BCUT2D eigenvalue weighted by molar-refractivity contribution is -0.115. The lowest BCUT2D eigenvalue weighted by Crippen LogP contribution is -2.27. The van der Waals surface area contributed by atoms with Gasteiger partial charge in [0.15, 0.2) is 0 Å². The van der Waals surface area contributed by atoms with Gasteiger partial charge in [0, 0.05) is 5.69 Å². The minimum absolute atomic E-state index is 0.00759. The Hall–Kier alpha value is -2.14. The molecule has 114 valence electrons. The van der Waals surface area contributed by atoms with Crippen LogP contribution in [0.15, 0.2) is 48.5 Å². The van der Waals surface area contributed by atoms with Gasteiger partial charge >= 0.3 is 0 Å². The molecular formula is C17H17NO3S. The van der Waals surface area contributed by atoms with E-state index in [-0.39, 0.29) is 11.3 Å². The minimum atomic E-state index is -0.00759. The second-order valence-corrected chi connectivity index (χ2v) is 5.97. The van der Waals surface area contributed by atoms with E-state index < -0.39 is 0 Å². The first-order valence-corrected chi connectivity index (χ1v) is 7.99. The molecule has 1 saturated heterocycles. The number of thioether (sulfide) groups is 1. The van der Waals surface area contributed by atoms with E-state index in [1.54, 1.807) is 26.0 Å². The van der Waals surface area contributed by atoms with Crippen molar-refractivity contribution in [3.63, 3.8) is 0 Å². The summed E-state index contributed by atoms with van der Waals surface area (Å²) in [5.74, 6) is 2.21. The molecule has 0 saturated carbocycles. The average Bonchev–Trinajstić information content (AvgIpc) is 2.96. The Morgan fingerprint density at radius 1 is 0.955 bits per heavy atom. The van der Waals surface area contributed by atoms with Gasteiger partial charge in [-0.25, -0.2) is 0 Å². The highest BCUT2D eigenvalue weighted by Gasteiger charge is 2.33. The Bertz CT molecular complexity index is 655. The van der Waals surface area contributed by atoms with E-state index >= 15 is 0 Å². The van der Waals surface area contributed by atoms with E-state index in [1.165, 1.54) is 0 Å². The number of ether oxygens (including phenoxy) is 2. The number of amides is 1. The molecule has 1 atom stereocenters. The molecule has 0 radical (unpaired) electrons. The van der Waals surface area contributed by atoms with Crippen LogP contribution >= 0.6 is 11.8 Å². The number of hydrogen-bond donors (Lipinski definition) is 0. The summed E-state index contributed by atoms with van der Waals surface area (Å²) in [6.45, 7) is 0. The highest BCUT2D eigenvalue weighted by Crippen LogP contribution is 2.42. The van der Waals surface area contributed by atoms with Crippen molar-refractivity contribution < 1.29 is 14.3 Å². The van der Waals surface area contributed by atoms with Gasteiger partial charge in [0.1, 0.15) is 16.9 Å². The van der Waals surface area contributed by atoms with Crippen molar-refractivity contribution in [3.05, 3.63) is 54.1 Å². The first-order chi connectivity index (χ1) is 10.7. The number of rotatable bonds is 4. The highest BCUT2D eigenvalue weighted by molar-refractivity contribution is 8.00. The number of hydrogen-bond acceptors (Lipinski definition) is 4. The molecule has 1 heterocycles. The van der Waals surface area contributed by atoms with Crippen molar-refractivity contribution in [1.82, 2.24) is 0 Å². The zero-order valence-corrected chi connectivity index (χ0v) is 13.3. The standard InChI is InChI=1S/C17H17NO3S/c1-20-14-7-3-12(4-8-14)17-18(16(19)11-22-17)13-5-9-15(21-2)10-6-13/h3-10,17H,11H2,1-2H3/t17-/m1/s1. The van der Waals surface area contributed by atoms with Gasteiger partial charge in [-0.2, -0.15) is 0 Å². The normalized spacial score (nSPS) is 17.6. The quantitative estimate of drug-likeness (QED) is 0.866. The minimum Gasteiger partial charge on any atom is -0.497 e. The summed E-state index contributed by atoms with van der Waals surface area (Å²) >= 11 is 1.63. The van der Waals surface area contributed by atoms with E-state index in [0.29, 0.717) is 5.75 Å². The molecule has 1 aliphatic heterocycles. The third-order valence-electron chi connectivity index (χ3n) is 3.62. The first kappa shape index (κ1) is 14.8. The third kappa shape index (κ3) is 2.76. The van der Waals surface area contributed by atoms with E-state index in [0.717, 1.165) is 22.7 Å². The highest BCUT2D eigenvalue weighted by atomic mass is 32.2. The Labute approximate surface area is 134 Å². The van der Waals surface area contributed by atoms with Crippen LogP contribution in [0.2, 0.25) is 0 Å². The van der Waals surface area contributed by atoms with E-state index in [9.17, 15) is 4.79 Å². The number of nitrogens with zero attached hydrogens (tertiary/aromatic N) is 1. The molecule has 1 fully saturated rings. The summed E-state index contributed by atoms with van der Waals surface area (Å²) in [6.07, 6.45) is 0. The largest absolute Gasteiger partial charge is 0.497 e. The maximum atomic E-state index is 12.3. The van der Waals surface area contributed by atoms with Gasteiger partial charge in [0.25, 0.3) is 0 Å². The van der Waals surface area contributed by atoms with Crippen LogP contribution in [0, 0.1) is 0 Å². The van der Waals surface area contributed by atoms with Crippen molar-refractivity contribution in [2.45, 2.75) is 5.37 Å². The molecule has 0 spiro atoms. The molecule has 3 rings (SSSR count). The molecule has 0 N–H and O–H groups in total. The van der Waals surface area contributed by atoms with Gasteiger partial charge in [-0.15, -0.1) is 11.8 Å². The maximum Gasteiger partial charge on any atom is 0.238 e. The van der Waals surface area contributed by atoms with Gasteiger partial charge in [0.05, 0.1) is 20.0 Å². The van der Waals surface area contributed by atoms with Crippen LogP contribution in [-0.4, -0.2) is 25.9 Å². The number of anilines is 1. The van der Waals surface area contributed by atoms with Crippen molar-refractivity contribution in [3.8, 4) is 11.5 Å². The van der Waals surface area contributed by atoms with Crippen molar-refractivity contribution >= 4 is 23.4 Å². The topological polar surface area (TPSA) is 38.8 Å². The van der Waals surface area contributed by atoms with Crippen LogP contribution < -0.4 is 14.4 Å². The van der Waals surface area contributed by atoms with Crippen molar-refractivity contribution in [1.29, 1.82) is 0 Å². The molecule has 5 heteroatoms. The second-order valence-electron chi connectivity index (χ2n) is 4.90. The monoisotopic (exact) mass is 315 g/mol. The zero-order chi connectivity index (χ0) is 15.5. The average molecular weight is 315 g/mol. The molecule has 0 bridgehead atoms. The number of carbonyl (C=O) groups excluding carboxylic acids is 1. The Balaban J connectivity index is 1.90. The van der Waals surface area contributed by atoms with Crippen LogP contribution in [-0.2, 0) is 4.79 Å². The second kappa shape index (κ2) is 6.32. The van der Waals surface area contributed by atoms with Crippen LogP contribution in [0.4, 0.5) is 5.69 Å². The Kier molecular flexibility index (Phi) is 4.24. The van der Waals surface area contributed by atoms with Crippen LogP contribution in [0.3, 0.4) is 0 Å². The third-order valence-corrected chi connectivity index (χ3v) is 4.83. The summed E-state index contributed by atoms with van der Waals surface area (Å²) in [5, 5.41) is -0.00759. The Morgan fingerprint density at radius 2 is 1.50 bits per heavy atom. The summed E-state index contributed by atoms with van der Waals surface area (Å²) < 4.78 is 10.4. The molecule has 0 aromatic heterocycles. The Morgan fingerprint density at radius 3 is 2.05 bits per heavy atom. The van der Waals surface area contributed by atoms with E-state index in [1.807, 2.05) is 53.4 Å². The van der Waals surface area contributed by atoms with Gasteiger partial charge in [0.2, 0.25) is 5.91 Å². The molecule has 2 aromatic rings. The van der Waals surface area contributed by atoms with Crippen LogP contribution in [0.1, 0.15) is 10.9 Å². The fraction of sp³-hybridized carbons (Fsp3) is 0.235. The summed E-state index contributed by atoms with van der Waals surface area (Å²) in [6, 6.07) is 15.4. The van der Waals surface area contributed by atoms with E-state index in [4.69, 9.17) is 9.47 Å². The molecule has 1 aliphatic rings. The summed E-state index contributed by atoms with van der Waals surface area (Å²) in [5.41, 5.74) is 1.98. The molecule has 0 aliphatic carbocycles. The van der Waals surface area contributed by atoms with Gasteiger partial charge < -0.3 is 9.47 Å². The molecule has 22 heavy (non-hydrogen) atoms. The number of methoxy groups -OCH3 is 2. The van der Waals surface area contributed by atoms with Crippen LogP contribution in [0.5, 0.6) is 11.5 Å². The molecule has 2 aromatic carbocycles. The summed E-state index contributed by atoms with van der Waals surface area (Å²) in [7, 11) is 3.28. The predicted molar refractivity (Wildman–Crippen MR) is 88.7 cm³/mol. The van der Waals surface area contributed by atoms with E-state index in [2.05, 4.69) is 0 Å². The van der Waals surface area contributed by atoms with Gasteiger partial charge in [-0.1, -0.05) is 12.1 Å². The molecule has 4 nitrogen and oxygen atoms in total. The lowest BCUT2D eigenvalue weighted by Gasteiger charge is -2.24. The molecular weight excluding hydrogens is 298 g/mol. The predicted octanol–water partition coefficient (Wildman–Crippen LogP) is 3.48. The number of benzene rings is 2. The smallest absolute Gasteiger partial charge is 0.238 e. The summed E-state index contributed by atoms with van der Waals surface area (Å²) in [4.78, 5) is 14.1. The van der Waals surface area contributed by atoms with Gasteiger partial charge in [-0.05, 0) is 42.0 Å². The van der Waals surface area contributed by atoms with Gasteiger partial charge in [-0.3, -0.25) is 9.69 Å². The number of carbonyl (C=O) groups is 1. The first-order valence-electron chi connectivity index (χ1n) is 6.94. The van der Waals surface area contributed by atoms with Crippen molar-refractivity contribution in [2.24, 2.45) is 0 Å². The zero-order valence-electron chi connectivity index (χ0n) is 12.5.